The lowest BCUT2D eigenvalue weighted by Gasteiger charge is -2.08. The number of aryl methyl sites for hydroxylation is 1. The first kappa shape index (κ1) is 12.2. The first-order chi connectivity index (χ1) is 9.38. The molecule has 0 aromatic heterocycles. The minimum absolute atomic E-state index is 0.0354. The zero-order chi connectivity index (χ0) is 13.1. The Labute approximate surface area is 113 Å². The van der Waals surface area contributed by atoms with Gasteiger partial charge in [0.1, 0.15) is 0 Å². The molecule has 0 spiro atoms. The van der Waals surface area contributed by atoms with Gasteiger partial charge in [0.25, 0.3) is 0 Å². The lowest BCUT2D eigenvalue weighted by Crippen LogP contribution is -1.90. The summed E-state index contributed by atoms with van der Waals surface area (Å²) < 4.78 is 0. The van der Waals surface area contributed by atoms with Crippen LogP contribution in [0.15, 0.2) is 54.6 Å². The average Bonchev–Trinajstić information content (AvgIpc) is 2.46. The molecule has 0 saturated carbocycles. The van der Waals surface area contributed by atoms with Gasteiger partial charge in [0.2, 0.25) is 0 Å². The van der Waals surface area contributed by atoms with Crippen LogP contribution in [0.5, 0.6) is 0 Å². The molecule has 3 aromatic rings. The monoisotopic (exact) mass is 249 g/mol. The molecule has 0 atom stereocenters. The van der Waals surface area contributed by atoms with Crippen molar-refractivity contribution in [3.63, 3.8) is 0 Å². The smallest absolute Gasteiger partial charge is 0.0822 e. The molecule has 0 aliphatic rings. The standard InChI is InChI=1S/C18H17O/c19-11-4-3-6-14-9-5-10-17-12-15-7-1-2-8-16(15)13-18(14)17/h1-2,5,7-10,12-13H,3-4,6,11H2. The molecule has 0 aliphatic heterocycles. The SMILES string of the molecule is [O]CCCCc1cccc2cc3ccccc3cc12. The Kier molecular flexibility index (Phi) is 3.47. The predicted molar refractivity (Wildman–Crippen MR) is 79.9 cm³/mol. The number of fused-ring (bicyclic) bond motifs is 2. The molecular weight excluding hydrogens is 232 g/mol. The van der Waals surface area contributed by atoms with Gasteiger partial charge in [-0.1, -0.05) is 42.5 Å². The molecule has 0 aliphatic carbocycles. The molecule has 0 bridgehead atoms. The zero-order valence-corrected chi connectivity index (χ0v) is 10.9. The van der Waals surface area contributed by atoms with Gasteiger partial charge in [-0.2, -0.15) is 0 Å². The van der Waals surface area contributed by atoms with E-state index in [2.05, 4.69) is 54.6 Å². The highest BCUT2D eigenvalue weighted by Gasteiger charge is 2.03. The van der Waals surface area contributed by atoms with Gasteiger partial charge in [-0.05, 0) is 58.5 Å². The lowest BCUT2D eigenvalue weighted by molar-refractivity contribution is 0.187. The molecule has 95 valence electrons. The quantitative estimate of drug-likeness (QED) is 0.470. The summed E-state index contributed by atoms with van der Waals surface area (Å²) >= 11 is 0. The highest BCUT2D eigenvalue weighted by atomic mass is 16.2. The summed E-state index contributed by atoms with van der Waals surface area (Å²) in [4.78, 5) is 0. The number of benzene rings is 3. The van der Waals surface area contributed by atoms with E-state index in [0.717, 1.165) is 19.3 Å². The zero-order valence-electron chi connectivity index (χ0n) is 10.9. The van der Waals surface area contributed by atoms with E-state index in [1.807, 2.05) is 0 Å². The van der Waals surface area contributed by atoms with E-state index in [-0.39, 0.29) is 6.61 Å². The van der Waals surface area contributed by atoms with E-state index in [4.69, 9.17) is 0 Å². The summed E-state index contributed by atoms with van der Waals surface area (Å²) in [5.74, 6) is 0. The van der Waals surface area contributed by atoms with Gasteiger partial charge >= 0.3 is 0 Å². The van der Waals surface area contributed by atoms with Gasteiger partial charge in [0.05, 0.1) is 6.61 Å². The van der Waals surface area contributed by atoms with Crippen LogP contribution in [-0.2, 0) is 11.5 Å². The molecule has 1 nitrogen and oxygen atoms in total. The second kappa shape index (κ2) is 5.41. The van der Waals surface area contributed by atoms with Gasteiger partial charge in [0, 0.05) is 0 Å². The van der Waals surface area contributed by atoms with E-state index in [1.165, 1.54) is 27.1 Å². The van der Waals surface area contributed by atoms with Gasteiger partial charge < -0.3 is 0 Å². The third kappa shape index (κ3) is 2.47. The van der Waals surface area contributed by atoms with Crippen LogP contribution in [0.3, 0.4) is 0 Å². The molecule has 3 aromatic carbocycles. The summed E-state index contributed by atoms with van der Waals surface area (Å²) in [5, 5.41) is 15.7. The second-order valence-corrected chi connectivity index (χ2v) is 5.00. The van der Waals surface area contributed by atoms with E-state index >= 15 is 0 Å². The van der Waals surface area contributed by atoms with Crippen LogP contribution in [0.25, 0.3) is 21.5 Å². The first-order valence-corrected chi connectivity index (χ1v) is 6.87. The van der Waals surface area contributed by atoms with Crippen LogP contribution in [0.1, 0.15) is 18.4 Å². The molecule has 1 radical (unpaired) electrons. The Morgan fingerprint density at radius 3 is 2.26 bits per heavy atom. The van der Waals surface area contributed by atoms with Crippen molar-refractivity contribution in [2.75, 3.05) is 6.61 Å². The molecule has 19 heavy (non-hydrogen) atoms. The maximum Gasteiger partial charge on any atom is 0.0822 e. The lowest BCUT2D eigenvalue weighted by atomic mass is 9.97. The third-order valence-electron chi connectivity index (χ3n) is 3.68. The largest absolute Gasteiger partial charge is 0.237 e. The van der Waals surface area contributed by atoms with E-state index in [9.17, 15) is 5.11 Å². The Balaban J connectivity index is 2.09. The van der Waals surface area contributed by atoms with Crippen molar-refractivity contribution < 1.29 is 5.11 Å². The Morgan fingerprint density at radius 1 is 0.737 bits per heavy atom. The normalized spacial score (nSPS) is 11.2. The molecule has 1 heteroatoms. The molecule has 0 heterocycles. The number of unbranched alkanes of at least 4 members (excludes halogenated alkanes) is 1. The summed E-state index contributed by atoms with van der Waals surface area (Å²) in [7, 11) is 0. The van der Waals surface area contributed by atoms with E-state index in [1.54, 1.807) is 0 Å². The topological polar surface area (TPSA) is 19.9 Å². The van der Waals surface area contributed by atoms with Gasteiger partial charge in [-0.25, -0.2) is 5.11 Å². The minimum Gasteiger partial charge on any atom is -0.237 e. The number of hydrogen-bond donors (Lipinski definition) is 0. The fraction of sp³-hybridized carbons (Fsp3) is 0.222. The number of hydrogen-bond acceptors (Lipinski definition) is 0. The van der Waals surface area contributed by atoms with Crippen molar-refractivity contribution in [1.82, 2.24) is 0 Å². The molecule has 0 amide bonds. The minimum atomic E-state index is 0.0354. The van der Waals surface area contributed by atoms with Crippen molar-refractivity contribution in [2.24, 2.45) is 0 Å². The van der Waals surface area contributed by atoms with Gasteiger partial charge in [-0.3, -0.25) is 0 Å². The first-order valence-electron chi connectivity index (χ1n) is 6.87. The molecule has 0 unspecified atom stereocenters. The van der Waals surface area contributed by atoms with Crippen molar-refractivity contribution in [1.29, 1.82) is 0 Å². The maximum atomic E-state index is 10.6. The summed E-state index contributed by atoms with van der Waals surface area (Å²) in [5.41, 5.74) is 1.36. The summed E-state index contributed by atoms with van der Waals surface area (Å²) in [6.07, 6.45) is 2.75. The summed E-state index contributed by atoms with van der Waals surface area (Å²) in [6, 6.07) is 19.5. The third-order valence-corrected chi connectivity index (χ3v) is 3.68. The maximum absolute atomic E-state index is 10.6. The molecular formula is C18H17O. The van der Waals surface area contributed by atoms with Crippen LogP contribution >= 0.6 is 0 Å². The van der Waals surface area contributed by atoms with Gasteiger partial charge in [0.15, 0.2) is 0 Å². The van der Waals surface area contributed by atoms with Crippen LogP contribution < -0.4 is 0 Å². The molecule has 0 saturated heterocycles. The van der Waals surface area contributed by atoms with Crippen molar-refractivity contribution in [2.45, 2.75) is 19.3 Å². The van der Waals surface area contributed by atoms with Crippen LogP contribution in [0.4, 0.5) is 0 Å². The Morgan fingerprint density at radius 2 is 1.47 bits per heavy atom. The predicted octanol–water partition coefficient (Wildman–Crippen LogP) is 4.75. The highest BCUT2D eigenvalue weighted by Crippen LogP contribution is 2.26. The Hall–Kier alpha value is -1.86. The summed E-state index contributed by atoms with van der Waals surface area (Å²) in [6.45, 7) is 0.0354. The van der Waals surface area contributed by atoms with Gasteiger partial charge in [-0.15, -0.1) is 0 Å². The number of rotatable bonds is 4. The van der Waals surface area contributed by atoms with Crippen molar-refractivity contribution in [3.8, 4) is 0 Å². The fourth-order valence-corrected chi connectivity index (χ4v) is 2.67. The van der Waals surface area contributed by atoms with Crippen LogP contribution in [0, 0.1) is 0 Å². The molecule has 3 rings (SSSR count). The molecule has 0 N–H and O–H groups in total. The van der Waals surface area contributed by atoms with Crippen LogP contribution in [0.2, 0.25) is 0 Å². The highest BCUT2D eigenvalue weighted by molar-refractivity contribution is 5.99. The average molecular weight is 249 g/mol. The van der Waals surface area contributed by atoms with Crippen molar-refractivity contribution >= 4 is 21.5 Å². The van der Waals surface area contributed by atoms with Crippen LogP contribution in [-0.4, -0.2) is 6.61 Å². The second-order valence-electron chi connectivity index (χ2n) is 5.00. The van der Waals surface area contributed by atoms with E-state index in [0.29, 0.717) is 0 Å². The fourth-order valence-electron chi connectivity index (χ4n) is 2.67. The molecule has 0 fully saturated rings. The van der Waals surface area contributed by atoms with Crippen molar-refractivity contribution in [3.05, 3.63) is 60.2 Å². The van der Waals surface area contributed by atoms with E-state index < -0.39 is 0 Å². The Bertz CT molecular complexity index is 700.